The van der Waals surface area contributed by atoms with Crippen molar-refractivity contribution in [3.8, 4) is 0 Å². The van der Waals surface area contributed by atoms with Gasteiger partial charge in [-0.15, -0.1) is 11.8 Å². The van der Waals surface area contributed by atoms with E-state index < -0.39 is 0 Å². The van der Waals surface area contributed by atoms with Crippen LogP contribution in [0, 0.1) is 0 Å². The Labute approximate surface area is 121 Å². The van der Waals surface area contributed by atoms with Gasteiger partial charge in [0.1, 0.15) is 0 Å². The van der Waals surface area contributed by atoms with Gasteiger partial charge in [0.15, 0.2) is 0 Å². The molecular weight excluding hydrogens is 252 g/mol. The van der Waals surface area contributed by atoms with Crippen molar-refractivity contribution in [2.75, 3.05) is 38.5 Å². The van der Waals surface area contributed by atoms with Gasteiger partial charge in [-0.3, -0.25) is 4.90 Å². The predicted octanol–water partition coefficient (Wildman–Crippen LogP) is 2.90. The molecule has 3 heteroatoms. The maximum Gasteiger partial charge on any atom is 0.0113 e. The van der Waals surface area contributed by atoms with Crippen LogP contribution in [-0.4, -0.2) is 54.3 Å². The lowest BCUT2D eigenvalue weighted by atomic mass is 10.0. The fraction of sp³-hybridized carbons (Fsp3) is 0.625. The lowest BCUT2D eigenvalue weighted by molar-refractivity contribution is 0.105. The fourth-order valence-corrected chi connectivity index (χ4v) is 4.40. The molecule has 1 unspecified atom stereocenters. The zero-order valence-corrected chi connectivity index (χ0v) is 12.8. The third-order valence-corrected chi connectivity index (χ3v) is 5.67. The molecule has 1 fully saturated rings. The van der Waals surface area contributed by atoms with E-state index in [0.717, 1.165) is 5.92 Å². The van der Waals surface area contributed by atoms with Crippen molar-refractivity contribution in [3.05, 3.63) is 29.8 Å². The zero-order chi connectivity index (χ0) is 13.2. The van der Waals surface area contributed by atoms with Crippen LogP contribution >= 0.6 is 11.8 Å². The van der Waals surface area contributed by atoms with E-state index in [1.54, 1.807) is 5.56 Å². The molecule has 1 saturated heterocycles. The first kappa shape index (κ1) is 13.5. The van der Waals surface area contributed by atoms with Crippen LogP contribution in [-0.2, 0) is 0 Å². The second kappa shape index (κ2) is 5.86. The number of rotatable bonds is 3. The molecule has 19 heavy (non-hydrogen) atoms. The Morgan fingerprint density at radius 2 is 1.89 bits per heavy atom. The fourth-order valence-electron chi connectivity index (χ4n) is 3.15. The highest BCUT2D eigenvalue weighted by Gasteiger charge is 2.26. The van der Waals surface area contributed by atoms with E-state index in [4.69, 9.17) is 0 Å². The molecule has 104 valence electrons. The van der Waals surface area contributed by atoms with Crippen LogP contribution in [0.4, 0.5) is 0 Å². The van der Waals surface area contributed by atoms with Gasteiger partial charge in [-0.2, -0.15) is 0 Å². The highest BCUT2D eigenvalue weighted by molar-refractivity contribution is 7.99. The van der Waals surface area contributed by atoms with Crippen LogP contribution in [0.25, 0.3) is 0 Å². The molecule has 1 atom stereocenters. The van der Waals surface area contributed by atoms with Gasteiger partial charge in [-0.05, 0) is 25.5 Å². The number of piperazine rings is 1. The van der Waals surface area contributed by atoms with Crippen LogP contribution < -0.4 is 0 Å². The molecule has 2 aliphatic heterocycles. The molecule has 0 N–H and O–H groups in total. The van der Waals surface area contributed by atoms with Crippen molar-refractivity contribution in [1.82, 2.24) is 9.80 Å². The lowest BCUT2D eigenvalue weighted by Crippen LogP contribution is -2.49. The molecule has 0 saturated carbocycles. The van der Waals surface area contributed by atoms with Gasteiger partial charge in [-0.1, -0.05) is 18.2 Å². The summed E-state index contributed by atoms with van der Waals surface area (Å²) in [6.07, 6.45) is 0. The van der Waals surface area contributed by atoms with Gasteiger partial charge in [0.05, 0.1) is 0 Å². The second-order valence-corrected chi connectivity index (χ2v) is 7.04. The van der Waals surface area contributed by atoms with Gasteiger partial charge in [0, 0.05) is 55.3 Å². The number of hydrogen-bond donors (Lipinski definition) is 0. The summed E-state index contributed by atoms with van der Waals surface area (Å²) >= 11 is 2.03. The Bertz CT molecular complexity index is 425. The molecule has 2 heterocycles. The summed E-state index contributed by atoms with van der Waals surface area (Å²) in [5, 5.41) is 0. The first-order valence-corrected chi connectivity index (χ1v) is 8.40. The maximum atomic E-state index is 2.66. The van der Waals surface area contributed by atoms with Crippen molar-refractivity contribution < 1.29 is 0 Å². The molecule has 2 aliphatic rings. The van der Waals surface area contributed by atoms with Crippen molar-refractivity contribution in [2.45, 2.75) is 30.7 Å². The van der Waals surface area contributed by atoms with E-state index in [1.807, 2.05) is 11.8 Å². The molecule has 1 aromatic carbocycles. The minimum atomic E-state index is 0.699. The van der Waals surface area contributed by atoms with Crippen molar-refractivity contribution in [2.24, 2.45) is 0 Å². The average Bonchev–Trinajstić information content (AvgIpc) is 2.83. The Morgan fingerprint density at radius 1 is 1.16 bits per heavy atom. The normalized spacial score (nSPS) is 24.9. The molecular formula is C16H24N2S. The molecule has 0 radical (unpaired) electrons. The van der Waals surface area contributed by atoms with E-state index in [2.05, 4.69) is 47.9 Å². The summed E-state index contributed by atoms with van der Waals surface area (Å²) in [5.41, 5.74) is 1.58. The number of fused-ring (bicyclic) bond motifs is 1. The number of thioether (sulfide) groups is 1. The second-order valence-electron chi connectivity index (χ2n) is 5.98. The lowest BCUT2D eigenvalue weighted by Gasteiger charge is -2.37. The van der Waals surface area contributed by atoms with Crippen LogP contribution in [0.5, 0.6) is 0 Å². The summed E-state index contributed by atoms with van der Waals surface area (Å²) in [7, 11) is 0. The minimum Gasteiger partial charge on any atom is -0.300 e. The number of nitrogens with zero attached hydrogens (tertiary/aromatic N) is 2. The van der Waals surface area contributed by atoms with Gasteiger partial charge in [0.25, 0.3) is 0 Å². The van der Waals surface area contributed by atoms with Gasteiger partial charge in [0.2, 0.25) is 0 Å². The van der Waals surface area contributed by atoms with E-state index in [0.29, 0.717) is 6.04 Å². The predicted molar refractivity (Wildman–Crippen MR) is 83.1 cm³/mol. The third kappa shape index (κ3) is 2.99. The number of hydrogen-bond acceptors (Lipinski definition) is 3. The van der Waals surface area contributed by atoms with Gasteiger partial charge < -0.3 is 4.90 Å². The topological polar surface area (TPSA) is 6.48 Å². The average molecular weight is 276 g/mol. The first-order chi connectivity index (χ1) is 9.24. The van der Waals surface area contributed by atoms with E-state index >= 15 is 0 Å². The standard InChI is InChI=1S/C16H24N2S/c1-13(2)18-9-7-17(8-10-18)11-14-12-19-16-6-4-3-5-15(14)16/h3-6,13-14H,7-12H2,1-2H3. The van der Waals surface area contributed by atoms with Crippen LogP contribution in [0.2, 0.25) is 0 Å². The summed E-state index contributed by atoms with van der Waals surface area (Å²) in [5.74, 6) is 2.01. The SMILES string of the molecule is CC(C)N1CCN(CC2CSc3ccccc32)CC1. The first-order valence-electron chi connectivity index (χ1n) is 7.42. The van der Waals surface area contributed by atoms with Crippen molar-refractivity contribution in [3.63, 3.8) is 0 Å². The Balaban J connectivity index is 1.57. The Morgan fingerprint density at radius 3 is 2.63 bits per heavy atom. The van der Waals surface area contributed by atoms with Crippen LogP contribution in [0.3, 0.4) is 0 Å². The molecule has 2 nitrogen and oxygen atoms in total. The Hall–Kier alpha value is -0.510. The van der Waals surface area contributed by atoms with Crippen molar-refractivity contribution >= 4 is 11.8 Å². The van der Waals surface area contributed by atoms with E-state index in [-0.39, 0.29) is 0 Å². The summed E-state index contributed by atoms with van der Waals surface area (Å²) in [6.45, 7) is 10.8. The third-order valence-electron chi connectivity index (χ3n) is 4.41. The van der Waals surface area contributed by atoms with E-state index in [9.17, 15) is 0 Å². The highest BCUT2D eigenvalue weighted by atomic mass is 32.2. The van der Waals surface area contributed by atoms with Crippen LogP contribution in [0.1, 0.15) is 25.3 Å². The van der Waals surface area contributed by atoms with Crippen LogP contribution in [0.15, 0.2) is 29.2 Å². The highest BCUT2D eigenvalue weighted by Crippen LogP contribution is 2.39. The zero-order valence-electron chi connectivity index (χ0n) is 12.0. The minimum absolute atomic E-state index is 0.699. The van der Waals surface area contributed by atoms with Gasteiger partial charge in [-0.25, -0.2) is 0 Å². The smallest absolute Gasteiger partial charge is 0.0113 e. The molecule has 0 aromatic heterocycles. The molecule has 1 aromatic rings. The summed E-state index contributed by atoms with van der Waals surface area (Å²) in [6, 6.07) is 9.65. The van der Waals surface area contributed by atoms with E-state index in [1.165, 1.54) is 43.4 Å². The quantitative estimate of drug-likeness (QED) is 0.838. The number of benzene rings is 1. The van der Waals surface area contributed by atoms with Crippen molar-refractivity contribution in [1.29, 1.82) is 0 Å². The largest absolute Gasteiger partial charge is 0.300 e. The summed E-state index contributed by atoms with van der Waals surface area (Å²) < 4.78 is 0. The molecule has 3 rings (SSSR count). The monoisotopic (exact) mass is 276 g/mol. The molecule has 0 aliphatic carbocycles. The molecule has 0 bridgehead atoms. The molecule has 0 amide bonds. The summed E-state index contributed by atoms with van der Waals surface area (Å²) in [4.78, 5) is 6.76. The Kier molecular flexibility index (Phi) is 4.15. The molecule has 0 spiro atoms. The van der Waals surface area contributed by atoms with Gasteiger partial charge >= 0.3 is 0 Å². The maximum absolute atomic E-state index is 2.66.